The maximum absolute atomic E-state index is 5.28. The van der Waals surface area contributed by atoms with Gasteiger partial charge in [-0.25, -0.2) is 9.97 Å². The molecule has 4 rings (SSSR count). The fourth-order valence-electron chi connectivity index (χ4n) is 2.72. The average Bonchev–Trinajstić information content (AvgIpc) is 3.16. The number of fused-ring (bicyclic) bond motifs is 3. The summed E-state index contributed by atoms with van der Waals surface area (Å²) >= 11 is 0. The average molecular weight is 308 g/mol. The summed E-state index contributed by atoms with van der Waals surface area (Å²) in [7, 11) is 4.08. The van der Waals surface area contributed by atoms with E-state index in [9.17, 15) is 0 Å². The first-order valence-electron chi connectivity index (χ1n) is 7.31. The summed E-state index contributed by atoms with van der Waals surface area (Å²) in [5.74, 6) is 0.408. The number of pyridine rings is 2. The number of rotatable bonds is 3. The Morgan fingerprint density at radius 1 is 1.17 bits per heavy atom. The molecule has 0 saturated carbocycles. The van der Waals surface area contributed by atoms with Crippen LogP contribution in [0.1, 0.15) is 11.3 Å². The van der Waals surface area contributed by atoms with Gasteiger partial charge in [0.2, 0.25) is 6.39 Å². The van der Waals surface area contributed by atoms with Crippen molar-refractivity contribution in [2.24, 2.45) is 0 Å². The van der Waals surface area contributed by atoms with E-state index in [2.05, 4.69) is 37.2 Å². The van der Waals surface area contributed by atoms with Crippen LogP contribution in [0.25, 0.3) is 28.3 Å². The molecule has 0 aromatic carbocycles. The zero-order valence-electron chi connectivity index (χ0n) is 13.2. The molecule has 0 saturated heterocycles. The highest BCUT2D eigenvalue weighted by molar-refractivity contribution is 5.81. The molecule has 0 fully saturated rings. The third-order valence-electron chi connectivity index (χ3n) is 3.66. The van der Waals surface area contributed by atoms with E-state index < -0.39 is 0 Å². The maximum atomic E-state index is 5.28. The van der Waals surface area contributed by atoms with E-state index in [1.165, 1.54) is 6.39 Å². The lowest BCUT2D eigenvalue weighted by Crippen LogP contribution is -2.12. The third-order valence-corrected chi connectivity index (χ3v) is 3.66. The summed E-state index contributed by atoms with van der Waals surface area (Å²) in [5, 5.41) is 8.75. The van der Waals surface area contributed by atoms with Crippen LogP contribution in [0.2, 0.25) is 0 Å². The fraction of sp³-hybridized carbons (Fsp3) is 0.250. The Kier molecular flexibility index (Phi) is 3.09. The van der Waals surface area contributed by atoms with Crippen molar-refractivity contribution in [3.63, 3.8) is 0 Å². The number of hydrogen-bond acceptors (Lipinski definition) is 6. The summed E-state index contributed by atoms with van der Waals surface area (Å²) in [6, 6.07) is 6.24. The summed E-state index contributed by atoms with van der Waals surface area (Å²) in [5.41, 5.74) is 4.47. The minimum atomic E-state index is 0.408. The van der Waals surface area contributed by atoms with Crippen molar-refractivity contribution in [1.29, 1.82) is 0 Å². The Hall–Kier alpha value is -2.80. The molecule has 0 N–H and O–H groups in total. The smallest absolute Gasteiger partial charge is 0.267 e. The topological polar surface area (TPSA) is 72.4 Å². The van der Waals surface area contributed by atoms with Gasteiger partial charge in [0.15, 0.2) is 0 Å². The van der Waals surface area contributed by atoms with Gasteiger partial charge in [0.05, 0.1) is 0 Å². The van der Waals surface area contributed by atoms with Crippen molar-refractivity contribution in [3.05, 3.63) is 42.0 Å². The van der Waals surface area contributed by atoms with Crippen molar-refractivity contribution in [1.82, 2.24) is 29.5 Å². The van der Waals surface area contributed by atoms with Gasteiger partial charge in [-0.3, -0.25) is 4.40 Å². The second-order valence-electron chi connectivity index (χ2n) is 5.84. The second kappa shape index (κ2) is 5.13. The molecule has 0 aliphatic rings. The number of aromatic nitrogens is 5. The zero-order chi connectivity index (χ0) is 16.0. The second-order valence-corrected chi connectivity index (χ2v) is 5.84. The van der Waals surface area contributed by atoms with Crippen LogP contribution in [0.15, 0.2) is 35.2 Å². The molecule has 4 aromatic rings. The fourth-order valence-corrected chi connectivity index (χ4v) is 2.72. The minimum Gasteiger partial charge on any atom is -0.422 e. The van der Waals surface area contributed by atoms with E-state index in [1.54, 1.807) is 0 Å². The van der Waals surface area contributed by atoms with E-state index in [0.29, 0.717) is 11.6 Å². The van der Waals surface area contributed by atoms with Gasteiger partial charge in [0, 0.05) is 29.4 Å². The van der Waals surface area contributed by atoms with Crippen LogP contribution in [0, 0.1) is 6.92 Å². The van der Waals surface area contributed by atoms with Crippen LogP contribution < -0.4 is 0 Å². The molecular formula is C16H16N6O. The van der Waals surface area contributed by atoms with Crippen molar-refractivity contribution in [3.8, 4) is 11.6 Å². The molecule has 116 valence electrons. The molecule has 7 heteroatoms. The summed E-state index contributed by atoms with van der Waals surface area (Å²) in [6.07, 6.45) is 3.21. The first-order chi connectivity index (χ1) is 11.1. The summed E-state index contributed by atoms with van der Waals surface area (Å²) in [6.45, 7) is 2.77. The highest BCUT2D eigenvalue weighted by Gasteiger charge is 2.15. The molecule has 4 heterocycles. The predicted octanol–water partition coefficient (Wildman–Crippen LogP) is 2.30. The molecule has 0 radical (unpaired) electrons. The zero-order valence-corrected chi connectivity index (χ0v) is 13.2. The Labute approximate surface area is 132 Å². The van der Waals surface area contributed by atoms with E-state index in [0.717, 1.165) is 34.5 Å². The highest BCUT2D eigenvalue weighted by atomic mass is 16.4. The first kappa shape index (κ1) is 13.8. The van der Waals surface area contributed by atoms with Crippen molar-refractivity contribution in [2.75, 3.05) is 14.1 Å². The Balaban J connectivity index is 2.05. The lowest BCUT2D eigenvalue weighted by Gasteiger charge is -2.12. The lowest BCUT2D eigenvalue weighted by molar-refractivity contribution is 0.403. The van der Waals surface area contributed by atoms with Gasteiger partial charge in [0.25, 0.3) is 5.89 Å². The first-order valence-corrected chi connectivity index (χ1v) is 7.31. The van der Waals surface area contributed by atoms with Crippen molar-refractivity contribution >= 4 is 16.7 Å². The Bertz CT molecular complexity index is 987. The number of hydrogen-bond donors (Lipinski definition) is 0. The number of aryl methyl sites for hydroxylation is 1. The van der Waals surface area contributed by atoms with Gasteiger partial charge < -0.3 is 9.32 Å². The van der Waals surface area contributed by atoms with Crippen LogP contribution in [-0.4, -0.2) is 43.6 Å². The summed E-state index contributed by atoms with van der Waals surface area (Å²) in [4.78, 5) is 11.5. The molecule has 4 aromatic heterocycles. The largest absolute Gasteiger partial charge is 0.422 e. The van der Waals surface area contributed by atoms with Gasteiger partial charge in [-0.05, 0) is 39.2 Å². The Morgan fingerprint density at radius 2 is 2.04 bits per heavy atom. The number of nitrogens with zero attached hydrogens (tertiary/aromatic N) is 6. The molecule has 0 aliphatic heterocycles. The van der Waals surface area contributed by atoms with Gasteiger partial charge in [-0.2, -0.15) is 0 Å². The van der Waals surface area contributed by atoms with Gasteiger partial charge in [0.1, 0.15) is 17.0 Å². The van der Waals surface area contributed by atoms with Crippen molar-refractivity contribution < 1.29 is 4.42 Å². The molecule has 7 nitrogen and oxygen atoms in total. The molecule has 0 spiro atoms. The Morgan fingerprint density at radius 3 is 2.78 bits per heavy atom. The quantitative estimate of drug-likeness (QED) is 0.578. The van der Waals surface area contributed by atoms with E-state index in [4.69, 9.17) is 4.42 Å². The van der Waals surface area contributed by atoms with Gasteiger partial charge in [-0.15, -0.1) is 10.2 Å². The molecule has 23 heavy (non-hydrogen) atoms. The van der Waals surface area contributed by atoms with Gasteiger partial charge >= 0.3 is 0 Å². The number of imidazole rings is 1. The normalized spacial score (nSPS) is 11.8. The SMILES string of the molecule is Cc1ccc2cc(CN(C)C)c3nc(-c4nnco4)cn3c2n1. The van der Waals surface area contributed by atoms with Crippen LogP contribution in [0.3, 0.4) is 0 Å². The predicted molar refractivity (Wildman–Crippen MR) is 85.9 cm³/mol. The lowest BCUT2D eigenvalue weighted by atomic mass is 10.2. The molecule has 0 unspecified atom stereocenters. The molecule has 0 amide bonds. The molecule has 0 bridgehead atoms. The van der Waals surface area contributed by atoms with Crippen LogP contribution in [0.5, 0.6) is 0 Å². The standard InChI is InChI=1S/C16H16N6O/c1-10-4-5-11-6-12(7-21(2)3)15-19-13(16-20-17-9-23-16)8-22(15)14(11)18-10/h4-6,8-9H,7H2,1-3H3. The van der Waals surface area contributed by atoms with Crippen LogP contribution >= 0.6 is 0 Å². The van der Waals surface area contributed by atoms with Crippen molar-refractivity contribution in [2.45, 2.75) is 13.5 Å². The summed E-state index contributed by atoms with van der Waals surface area (Å²) < 4.78 is 7.28. The van der Waals surface area contributed by atoms with E-state index in [-0.39, 0.29) is 0 Å². The molecular weight excluding hydrogens is 292 g/mol. The molecule has 0 aliphatic carbocycles. The highest BCUT2D eigenvalue weighted by Crippen LogP contribution is 2.24. The van der Waals surface area contributed by atoms with Crippen LogP contribution in [0.4, 0.5) is 0 Å². The minimum absolute atomic E-state index is 0.408. The van der Waals surface area contributed by atoms with E-state index >= 15 is 0 Å². The monoisotopic (exact) mass is 308 g/mol. The van der Waals surface area contributed by atoms with Gasteiger partial charge in [-0.1, -0.05) is 0 Å². The third kappa shape index (κ3) is 2.35. The van der Waals surface area contributed by atoms with Crippen LogP contribution in [-0.2, 0) is 6.54 Å². The van der Waals surface area contributed by atoms with E-state index in [1.807, 2.05) is 37.7 Å². The molecule has 0 atom stereocenters. The maximum Gasteiger partial charge on any atom is 0.267 e.